The van der Waals surface area contributed by atoms with Crippen molar-refractivity contribution < 1.29 is 9.53 Å². The number of urea groups is 1. The number of amides is 2. The van der Waals surface area contributed by atoms with Gasteiger partial charge in [0.2, 0.25) is 0 Å². The lowest BCUT2D eigenvalue weighted by atomic mass is 10.3. The first-order valence-electron chi connectivity index (χ1n) is 7.10. The Morgan fingerprint density at radius 1 is 1.30 bits per heavy atom. The molecule has 4 nitrogen and oxygen atoms in total. The van der Waals surface area contributed by atoms with Crippen molar-refractivity contribution in [1.29, 1.82) is 0 Å². The van der Waals surface area contributed by atoms with Crippen LogP contribution in [0.25, 0.3) is 0 Å². The maximum atomic E-state index is 12.3. The molecule has 2 aliphatic rings. The molecular formula is C15H18IN2O2. The Kier molecular flexibility index (Phi) is 4.33. The summed E-state index contributed by atoms with van der Waals surface area (Å²) in [6.45, 7) is 3.32. The van der Waals surface area contributed by atoms with Crippen LogP contribution in [0.1, 0.15) is 19.3 Å². The van der Waals surface area contributed by atoms with E-state index in [1.165, 1.54) is 0 Å². The highest BCUT2D eigenvalue weighted by molar-refractivity contribution is 14.1. The van der Waals surface area contributed by atoms with E-state index in [1.54, 1.807) is 0 Å². The zero-order chi connectivity index (χ0) is 13.9. The number of likely N-dealkylation sites (tertiary alicyclic amines) is 2. The number of carbonyl (C=O) groups excluding carboxylic acids is 1. The van der Waals surface area contributed by atoms with Crippen LogP contribution in [0.3, 0.4) is 0 Å². The van der Waals surface area contributed by atoms with E-state index in [0.717, 1.165) is 48.2 Å². The van der Waals surface area contributed by atoms with E-state index in [4.69, 9.17) is 4.74 Å². The summed E-state index contributed by atoms with van der Waals surface area (Å²) in [5.41, 5.74) is 0. The molecule has 1 atom stereocenters. The number of hydrogen-bond donors (Lipinski definition) is 0. The van der Waals surface area contributed by atoms with E-state index in [1.807, 2.05) is 28.0 Å². The van der Waals surface area contributed by atoms with Crippen molar-refractivity contribution in [1.82, 2.24) is 9.80 Å². The number of benzene rings is 1. The normalized spacial score (nSPS) is 22.4. The molecule has 2 fully saturated rings. The molecule has 2 saturated heterocycles. The first-order chi connectivity index (χ1) is 9.74. The van der Waals surface area contributed by atoms with Crippen molar-refractivity contribution in [2.75, 3.05) is 26.2 Å². The van der Waals surface area contributed by atoms with E-state index in [0.29, 0.717) is 6.54 Å². The summed E-state index contributed by atoms with van der Waals surface area (Å²) in [6.07, 6.45) is 3.29. The summed E-state index contributed by atoms with van der Waals surface area (Å²) in [6, 6.07) is 8.93. The second-order valence-electron chi connectivity index (χ2n) is 5.31. The highest BCUT2D eigenvalue weighted by Crippen LogP contribution is 2.24. The molecule has 0 aromatic heterocycles. The molecule has 2 heterocycles. The lowest BCUT2D eigenvalue weighted by Crippen LogP contribution is -2.41. The third-order valence-electron chi connectivity index (χ3n) is 3.86. The maximum Gasteiger partial charge on any atom is 0.320 e. The fourth-order valence-corrected chi connectivity index (χ4v) is 3.26. The van der Waals surface area contributed by atoms with Crippen molar-refractivity contribution in [3.63, 3.8) is 0 Å². The van der Waals surface area contributed by atoms with E-state index < -0.39 is 0 Å². The minimum Gasteiger partial charge on any atom is -0.487 e. The molecular weight excluding hydrogens is 367 g/mol. The van der Waals surface area contributed by atoms with Gasteiger partial charge in [0, 0.05) is 26.1 Å². The molecule has 1 radical (unpaired) electrons. The Labute approximate surface area is 133 Å². The van der Waals surface area contributed by atoms with Gasteiger partial charge in [-0.1, -0.05) is 6.07 Å². The zero-order valence-electron chi connectivity index (χ0n) is 11.3. The molecule has 0 aliphatic carbocycles. The third-order valence-corrected chi connectivity index (χ3v) is 4.71. The second kappa shape index (κ2) is 6.20. The second-order valence-corrected chi connectivity index (χ2v) is 6.47. The molecule has 1 aromatic carbocycles. The molecule has 0 spiro atoms. The quantitative estimate of drug-likeness (QED) is 0.734. The fourth-order valence-electron chi connectivity index (χ4n) is 2.78. The topological polar surface area (TPSA) is 32.8 Å². The summed E-state index contributed by atoms with van der Waals surface area (Å²) in [5, 5.41) is 0. The van der Waals surface area contributed by atoms with Gasteiger partial charge in [-0.25, -0.2) is 4.79 Å². The van der Waals surface area contributed by atoms with Gasteiger partial charge in [0.25, 0.3) is 0 Å². The van der Waals surface area contributed by atoms with Crippen molar-refractivity contribution in [2.24, 2.45) is 0 Å². The molecule has 20 heavy (non-hydrogen) atoms. The van der Waals surface area contributed by atoms with E-state index in [9.17, 15) is 4.79 Å². The standard InChI is InChI=1S/C15H18IN2O2/c16-13-5-1-2-6-14(13)20-12-7-10-18(11-12)15(19)17-8-3-4-9-17/h2,5-6,12H,3-4,7-11H2/t12-/m0/s1. The first kappa shape index (κ1) is 14.0. The number of halogens is 1. The Morgan fingerprint density at radius 2 is 2.10 bits per heavy atom. The molecule has 3 rings (SSSR count). The Morgan fingerprint density at radius 3 is 2.85 bits per heavy atom. The van der Waals surface area contributed by atoms with Gasteiger partial charge < -0.3 is 14.5 Å². The number of rotatable bonds is 2. The van der Waals surface area contributed by atoms with Gasteiger partial charge in [0.05, 0.1) is 10.1 Å². The van der Waals surface area contributed by atoms with Crippen LogP contribution in [0.2, 0.25) is 0 Å². The van der Waals surface area contributed by atoms with Gasteiger partial charge in [-0.15, -0.1) is 0 Å². The third kappa shape index (κ3) is 3.02. The summed E-state index contributed by atoms with van der Waals surface area (Å²) < 4.78 is 7.07. The molecule has 107 valence electrons. The van der Waals surface area contributed by atoms with Crippen molar-refractivity contribution in [3.05, 3.63) is 27.8 Å². The average Bonchev–Trinajstić information content (AvgIpc) is 3.12. The van der Waals surface area contributed by atoms with E-state index in [-0.39, 0.29) is 12.1 Å². The molecule has 2 aliphatic heterocycles. The molecule has 0 unspecified atom stereocenters. The number of carbonyl (C=O) groups is 1. The largest absolute Gasteiger partial charge is 0.487 e. The van der Waals surface area contributed by atoms with Crippen LogP contribution in [0, 0.1) is 9.64 Å². The predicted molar refractivity (Wildman–Crippen MR) is 84.8 cm³/mol. The van der Waals surface area contributed by atoms with E-state index >= 15 is 0 Å². The minimum absolute atomic E-state index is 0.109. The van der Waals surface area contributed by atoms with E-state index in [2.05, 4.69) is 28.7 Å². The lowest BCUT2D eigenvalue weighted by molar-refractivity contribution is 0.160. The van der Waals surface area contributed by atoms with Gasteiger partial charge >= 0.3 is 6.03 Å². The average molecular weight is 385 g/mol. The molecule has 0 N–H and O–H groups in total. The molecule has 0 bridgehead atoms. The van der Waals surface area contributed by atoms with Crippen LogP contribution < -0.4 is 4.74 Å². The van der Waals surface area contributed by atoms with Crippen LogP contribution in [-0.2, 0) is 0 Å². The Bertz CT molecular complexity index is 489. The molecule has 1 aromatic rings. The minimum atomic E-state index is 0.109. The maximum absolute atomic E-state index is 12.3. The van der Waals surface area contributed by atoms with Crippen LogP contribution in [0.5, 0.6) is 5.75 Å². The summed E-state index contributed by atoms with van der Waals surface area (Å²) in [4.78, 5) is 16.2. The van der Waals surface area contributed by atoms with Crippen molar-refractivity contribution in [3.8, 4) is 5.75 Å². The Hall–Kier alpha value is -0.980. The van der Waals surface area contributed by atoms with Gasteiger partial charge in [0.15, 0.2) is 0 Å². The van der Waals surface area contributed by atoms with Crippen LogP contribution >= 0.6 is 22.6 Å². The van der Waals surface area contributed by atoms with Crippen molar-refractivity contribution >= 4 is 28.6 Å². The fraction of sp³-hybridized carbons (Fsp3) is 0.533. The summed E-state index contributed by atoms with van der Waals surface area (Å²) in [5.74, 6) is 0.893. The van der Waals surface area contributed by atoms with Gasteiger partial charge in [-0.05, 0) is 53.6 Å². The SMILES string of the molecule is O=C(N1CCCC1)N1CC[C@H](Oc2cc[c]cc2I)C1. The zero-order valence-corrected chi connectivity index (χ0v) is 13.5. The number of hydrogen-bond acceptors (Lipinski definition) is 2. The molecule has 2 amide bonds. The van der Waals surface area contributed by atoms with Crippen LogP contribution in [0.4, 0.5) is 4.79 Å². The van der Waals surface area contributed by atoms with Crippen LogP contribution in [0.15, 0.2) is 18.2 Å². The van der Waals surface area contributed by atoms with Gasteiger partial charge in [0.1, 0.15) is 11.9 Å². The number of ether oxygens (including phenoxy) is 1. The molecule has 0 saturated carbocycles. The summed E-state index contributed by atoms with van der Waals surface area (Å²) >= 11 is 2.25. The monoisotopic (exact) mass is 385 g/mol. The Balaban J connectivity index is 1.57. The smallest absolute Gasteiger partial charge is 0.320 e. The predicted octanol–water partition coefficient (Wildman–Crippen LogP) is 2.76. The highest BCUT2D eigenvalue weighted by Gasteiger charge is 2.31. The highest BCUT2D eigenvalue weighted by atomic mass is 127. The first-order valence-corrected chi connectivity index (χ1v) is 8.18. The van der Waals surface area contributed by atoms with Crippen molar-refractivity contribution in [2.45, 2.75) is 25.4 Å². The van der Waals surface area contributed by atoms with Gasteiger partial charge in [-0.2, -0.15) is 0 Å². The summed E-state index contributed by atoms with van der Waals surface area (Å²) in [7, 11) is 0. The van der Waals surface area contributed by atoms with Crippen LogP contribution in [-0.4, -0.2) is 48.1 Å². The molecule has 5 heteroatoms. The van der Waals surface area contributed by atoms with Gasteiger partial charge in [-0.3, -0.25) is 0 Å². The number of nitrogens with zero attached hydrogens (tertiary/aromatic N) is 2. The lowest BCUT2D eigenvalue weighted by Gasteiger charge is -2.24.